The average Bonchev–Trinajstić information content (AvgIpc) is 2.33. The molecule has 2 heterocycles. The molecule has 0 aromatic rings. The molecule has 2 aliphatic heterocycles. The fourth-order valence-electron chi connectivity index (χ4n) is 3.85. The molecule has 1 aliphatic carbocycles. The maximum Gasteiger partial charge on any atom is 0.410 e. The van der Waals surface area contributed by atoms with Crippen LogP contribution in [0.5, 0.6) is 0 Å². The summed E-state index contributed by atoms with van der Waals surface area (Å²) in [5.74, 6) is 1.21. The predicted molar refractivity (Wildman–Crippen MR) is 61.0 cm³/mol. The Bertz CT molecular complexity index is 313. The van der Waals surface area contributed by atoms with E-state index in [1.807, 2.05) is 11.0 Å². The first-order chi connectivity index (χ1) is 7.81. The monoisotopic (exact) mass is 221 g/mol. The summed E-state index contributed by atoms with van der Waals surface area (Å²) in [5.41, 5.74) is 0. The van der Waals surface area contributed by atoms with Crippen molar-refractivity contribution in [2.24, 2.45) is 11.8 Å². The van der Waals surface area contributed by atoms with Crippen LogP contribution in [-0.4, -0.2) is 29.7 Å². The lowest BCUT2D eigenvalue weighted by molar-refractivity contribution is -0.0737. The van der Waals surface area contributed by atoms with Gasteiger partial charge in [0, 0.05) is 18.5 Å². The second-order valence-electron chi connectivity index (χ2n) is 5.27. The standard InChI is InChI=1S/C13H19NO2/c1-2-11-10-7-3-5-9-6-4-8-14(12(9)10)13(15)16-11/h2,9-12H,1,3-8H2/t9-,10+,11+,12-/m1/s1. The number of amides is 1. The van der Waals surface area contributed by atoms with Crippen LogP contribution in [-0.2, 0) is 4.74 Å². The minimum atomic E-state index is -0.113. The first-order valence-electron chi connectivity index (χ1n) is 6.41. The van der Waals surface area contributed by atoms with Gasteiger partial charge in [0.05, 0.1) is 0 Å². The van der Waals surface area contributed by atoms with Gasteiger partial charge in [-0.05, 0) is 31.6 Å². The van der Waals surface area contributed by atoms with Crippen LogP contribution in [0.3, 0.4) is 0 Å². The van der Waals surface area contributed by atoms with Crippen LogP contribution in [0.2, 0.25) is 0 Å². The van der Waals surface area contributed by atoms with Crippen molar-refractivity contribution < 1.29 is 9.53 Å². The summed E-state index contributed by atoms with van der Waals surface area (Å²) < 4.78 is 5.46. The van der Waals surface area contributed by atoms with E-state index < -0.39 is 0 Å². The molecule has 3 aliphatic rings. The summed E-state index contributed by atoms with van der Waals surface area (Å²) in [6.07, 6.45) is 7.83. The van der Waals surface area contributed by atoms with Crippen LogP contribution in [0.25, 0.3) is 0 Å². The summed E-state index contributed by atoms with van der Waals surface area (Å²) in [5, 5.41) is 0. The van der Waals surface area contributed by atoms with Crippen molar-refractivity contribution in [3.8, 4) is 0 Å². The molecular weight excluding hydrogens is 202 g/mol. The summed E-state index contributed by atoms with van der Waals surface area (Å²) in [7, 11) is 0. The third-order valence-corrected chi connectivity index (χ3v) is 4.49. The van der Waals surface area contributed by atoms with Crippen LogP contribution in [0.4, 0.5) is 4.79 Å². The molecule has 16 heavy (non-hydrogen) atoms. The number of piperidine rings is 1. The zero-order valence-corrected chi connectivity index (χ0v) is 9.60. The van der Waals surface area contributed by atoms with Crippen molar-refractivity contribution in [2.45, 2.75) is 44.2 Å². The van der Waals surface area contributed by atoms with Crippen LogP contribution in [0.15, 0.2) is 12.7 Å². The van der Waals surface area contributed by atoms with Crippen molar-refractivity contribution in [1.82, 2.24) is 4.90 Å². The molecule has 3 fully saturated rings. The molecule has 3 nitrogen and oxygen atoms in total. The van der Waals surface area contributed by atoms with Crippen LogP contribution < -0.4 is 0 Å². The molecule has 0 aromatic heterocycles. The van der Waals surface area contributed by atoms with Gasteiger partial charge in [-0.3, -0.25) is 0 Å². The molecule has 0 bridgehead atoms. The van der Waals surface area contributed by atoms with Gasteiger partial charge in [0.2, 0.25) is 0 Å². The first-order valence-corrected chi connectivity index (χ1v) is 6.41. The van der Waals surface area contributed by atoms with Gasteiger partial charge < -0.3 is 9.64 Å². The number of hydrogen-bond acceptors (Lipinski definition) is 2. The number of rotatable bonds is 1. The highest BCUT2D eigenvalue weighted by Gasteiger charge is 2.48. The van der Waals surface area contributed by atoms with Crippen LogP contribution in [0.1, 0.15) is 32.1 Å². The summed E-state index contributed by atoms with van der Waals surface area (Å²) in [6.45, 7) is 4.70. The van der Waals surface area contributed by atoms with Crippen LogP contribution >= 0.6 is 0 Å². The smallest absolute Gasteiger partial charge is 0.410 e. The molecule has 0 N–H and O–H groups in total. The van der Waals surface area contributed by atoms with Crippen molar-refractivity contribution in [2.75, 3.05) is 6.54 Å². The molecule has 2 saturated heterocycles. The number of carbonyl (C=O) groups is 1. The Kier molecular flexibility index (Phi) is 2.41. The Morgan fingerprint density at radius 1 is 1.31 bits per heavy atom. The number of ether oxygens (including phenoxy) is 1. The van der Waals surface area contributed by atoms with Crippen molar-refractivity contribution in [3.05, 3.63) is 12.7 Å². The minimum absolute atomic E-state index is 0.0466. The summed E-state index contributed by atoms with van der Waals surface area (Å²) in [4.78, 5) is 13.9. The third-order valence-electron chi connectivity index (χ3n) is 4.49. The SMILES string of the molecule is C=C[C@@H]1OC(=O)N2CCC[C@H]3CCC[C@@H]1[C@@H]32. The van der Waals surface area contributed by atoms with Gasteiger partial charge >= 0.3 is 6.09 Å². The van der Waals surface area contributed by atoms with Gasteiger partial charge in [-0.2, -0.15) is 0 Å². The number of cyclic esters (lactones) is 1. The van der Waals surface area contributed by atoms with Crippen molar-refractivity contribution >= 4 is 6.09 Å². The molecule has 3 heteroatoms. The molecule has 0 aromatic carbocycles. The predicted octanol–water partition coefficient (Wildman–Crippen LogP) is 2.57. The van der Waals surface area contributed by atoms with Gasteiger partial charge in [0.1, 0.15) is 6.10 Å². The molecular formula is C13H19NO2. The highest BCUT2D eigenvalue weighted by Crippen LogP contribution is 2.43. The third kappa shape index (κ3) is 1.37. The van der Waals surface area contributed by atoms with Crippen molar-refractivity contribution in [3.63, 3.8) is 0 Å². The summed E-state index contributed by atoms with van der Waals surface area (Å²) >= 11 is 0. The van der Waals surface area contributed by atoms with E-state index in [2.05, 4.69) is 6.58 Å². The normalized spacial score (nSPS) is 42.2. The van der Waals surface area contributed by atoms with E-state index in [1.54, 1.807) is 0 Å². The molecule has 4 atom stereocenters. The Morgan fingerprint density at radius 2 is 2.12 bits per heavy atom. The number of nitrogens with zero attached hydrogens (tertiary/aromatic N) is 1. The van der Waals surface area contributed by atoms with E-state index in [0.29, 0.717) is 17.9 Å². The minimum Gasteiger partial charge on any atom is -0.441 e. The fourth-order valence-corrected chi connectivity index (χ4v) is 3.85. The van der Waals surface area contributed by atoms with Crippen LogP contribution in [0, 0.1) is 11.8 Å². The van der Waals surface area contributed by atoms with Crippen molar-refractivity contribution in [1.29, 1.82) is 0 Å². The van der Waals surface area contributed by atoms with Gasteiger partial charge in [0.25, 0.3) is 0 Å². The lowest BCUT2D eigenvalue weighted by Gasteiger charge is -2.52. The molecule has 0 radical (unpaired) electrons. The van der Waals surface area contributed by atoms with E-state index in [1.165, 1.54) is 25.7 Å². The lowest BCUT2D eigenvalue weighted by Crippen LogP contribution is -2.60. The topological polar surface area (TPSA) is 29.5 Å². The van der Waals surface area contributed by atoms with Gasteiger partial charge in [-0.25, -0.2) is 4.79 Å². The Labute approximate surface area is 96.4 Å². The Hall–Kier alpha value is -0.990. The van der Waals surface area contributed by atoms with E-state index in [0.717, 1.165) is 13.0 Å². The Morgan fingerprint density at radius 3 is 2.94 bits per heavy atom. The quantitative estimate of drug-likeness (QED) is 0.637. The summed E-state index contributed by atoms with van der Waals surface area (Å²) in [6, 6.07) is 0.437. The zero-order chi connectivity index (χ0) is 11.1. The second-order valence-corrected chi connectivity index (χ2v) is 5.27. The molecule has 1 saturated carbocycles. The van der Waals surface area contributed by atoms with E-state index in [-0.39, 0.29) is 12.2 Å². The largest absolute Gasteiger partial charge is 0.441 e. The second kappa shape index (κ2) is 3.79. The first kappa shape index (κ1) is 10.2. The molecule has 1 amide bonds. The maximum atomic E-state index is 11.9. The highest BCUT2D eigenvalue weighted by atomic mass is 16.6. The number of carbonyl (C=O) groups excluding carboxylic acids is 1. The lowest BCUT2D eigenvalue weighted by atomic mass is 9.69. The fraction of sp³-hybridized carbons (Fsp3) is 0.769. The molecule has 0 unspecified atom stereocenters. The molecule has 3 rings (SSSR count). The van der Waals surface area contributed by atoms with Gasteiger partial charge in [-0.1, -0.05) is 19.1 Å². The molecule has 0 spiro atoms. The van der Waals surface area contributed by atoms with E-state index in [4.69, 9.17) is 4.74 Å². The zero-order valence-electron chi connectivity index (χ0n) is 9.60. The van der Waals surface area contributed by atoms with E-state index >= 15 is 0 Å². The van der Waals surface area contributed by atoms with Gasteiger partial charge in [-0.15, -0.1) is 0 Å². The van der Waals surface area contributed by atoms with Gasteiger partial charge in [0.15, 0.2) is 0 Å². The molecule has 88 valence electrons. The Balaban J connectivity index is 1.92. The average molecular weight is 221 g/mol. The van der Waals surface area contributed by atoms with E-state index in [9.17, 15) is 4.79 Å². The maximum absolute atomic E-state index is 11.9. The number of hydrogen-bond donors (Lipinski definition) is 0. The highest BCUT2D eigenvalue weighted by molar-refractivity contribution is 5.69.